The number of hydrogen-bond donors (Lipinski definition) is 1. The first kappa shape index (κ1) is 30.9. The van der Waals surface area contributed by atoms with Gasteiger partial charge in [0, 0.05) is 36.8 Å². The Labute approximate surface area is 234 Å². The van der Waals surface area contributed by atoms with E-state index in [9.17, 15) is 35.5 Å². The fraction of sp³-hybridized carbons (Fsp3) is 0.407. The lowest BCUT2D eigenvalue weighted by molar-refractivity contribution is -0.141. The van der Waals surface area contributed by atoms with Crippen LogP contribution in [0.5, 0.6) is 5.88 Å². The number of anilines is 1. The number of aryl methyl sites for hydroxylation is 1. The molecule has 0 bridgehead atoms. The zero-order valence-electron chi connectivity index (χ0n) is 22.3. The molecule has 1 aliphatic heterocycles. The van der Waals surface area contributed by atoms with Gasteiger partial charge in [-0.05, 0) is 44.9 Å². The summed E-state index contributed by atoms with van der Waals surface area (Å²) in [4.78, 5) is 25.8. The molecule has 1 aliphatic rings. The standard InChI is InChI=1S/C27H25F8N5O2/c1-15-36-13-18(25(2,29)14-42-21-8-4-7-20(38-21)27(33,34)35)22(37-15)16-9-11-40(12-10-16)24(41)39-23-17(26(30,31)32)5-3-6-19(23)28/h3-8,13,16H,9-12,14H2,1-2H3,(H,39,41). The molecule has 2 amide bonds. The Hall–Kier alpha value is -4.04. The number of likely N-dealkylation sites (tertiary alicyclic amines) is 1. The van der Waals surface area contributed by atoms with Gasteiger partial charge in [0.15, 0.2) is 5.67 Å². The summed E-state index contributed by atoms with van der Waals surface area (Å²) in [6.45, 7) is 2.13. The van der Waals surface area contributed by atoms with Gasteiger partial charge in [0.05, 0.1) is 16.9 Å². The topological polar surface area (TPSA) is 80.2 Å². The Morgan fingerprint density at radius 2 is 1.64 bits per heavy atom. The van der Waals surface area contributed by atoms with Gasteiger partial charge in [-0.25, -0.2) is 28.5 Å². The van der Waals surface area contributed by atoms with Crippen molar-refractivity contribution < 1.29 is 44.7 Å². The lowest BCUT2D eigenvalue weighted by atomic mass is 9.86. The fourth-order valence-corrected chi connectivity index (χ4v) is 4.57. The van der Waals surface area contributed by atoms with Gasteiger partial charge in [0.25, 0.3) is 0 Å². The number of carbonyl (C=O) groups excluding carboxylic acids is 1. The van der Waals surface area contributed by atoms with Gasteiger partial charge >= 0.3 is 18.4 Å². The van der Waals surface area contributed by atoms with Crippen molar-refractivity contribution in [2.75, 3.05) is 25.0 Å². The average Bonchev–Trinajstić information content (AvgIpc) is 2.92. The van der Waals surface area contributed by atoms with E-state index in [1.165, 1.54) is 11.1 Å². The number of aromatic nitrogens is 3. The van der Waals surface area contributed by atoms with Crippen molar-refractivity contribution in [1.82, 2.24) is 19.9 Å². The molecule has 226 valence electrons. The number of ether oxygens (including phenoxy) is 1. The highest BCUT2D eigenvalue weighted by Crippen LogP contribution is 2.38. The van der Waals surface area contributed by atoms with Gasteiger partial charge in [0.1, 0.15) is 23.9 Å². The number of halogens is 8. The minimum Gasteiger partial charge on any atom is -0.474 e. The summed E-state index contributed by atoms with van der Waals surface area (Å²) in [5.74, 6) is -1.73. The van der Waals surface area contributed by atoms with Gasteiger partial charge in [-0.15, -0.1) is 0 Å². The van der Waals surface area contributed by atoms with Gasteiger partial charge in [-0.3, -0.25) is 0 Å². The number of urea groups is 1. The van der Waals surface area contributed by atoms with E-state index in [1.54, 1.807) is 6.92 Å². The number of hydrogen-bond acceptors (Lipinski definition) is 5. The van der Waals surface area contributed by atoms with Crippen LogP contribution in [0, 0.1) is 12.7 Å². The molecule has 1 unspecified atom stereocenters. The third-order valence-electron chi connectivity index (χ3n) is 6.73. The van der Waals surface area contributed by atoms with Crippen LogP contribution in [-0.4, -0.2) is 45.6 Å². The van der Waals surface area contributed by atoms with E-state index in [-0.39, 0.29) is 31.5 Å². The maximum Gasteiger partial charge on any atom is 0.433 e. The third-order valence-corrected chi connectivity index (χ3v) is 6.73. The molecule has 2 aromatic heterocycles. The molecule has 3 heterocycles. The van der Waals surface area contributed by atoms with E-state index in [0.29, 0.717) is 17.6 Å². The number of para-hydroxylation sites is 1. The zero-order chi connectivity index (χ0) is 30.9. The minimum absolute atomic E-state index is 0.0316. The first-order valence-electron chi connectivity index (χ1n) is 12.7. The Balaban J connectivity index is 1.46. The number of pyridine rings is 1. The van der Waals surface area contributed by atoms with Crippen LogP contribution in [0.2, 0.25) is 0 Å². The van der Waals surface area contributed by atoms with E-state index in [4.69, 9.17) is 4.74 Å². The van der Waals surface area contributed by atoms with Crippen LogP contribution in [0.15, 0.2) is 42.6 Å². The van der Waals surface area contributed by atoms with Crippen LogP contribution in [-0.2, 0) is 18.0 Å². The largest absolute Gasteiger partial charge is 0.474 e. The van der Waals surface area contributed by atoms with Crippen molar-refractivity contribution in [3.05, 3.63) is 76.8 Å². The number of amides is 2. The molecule has 1 saturated heterocycles. The Morgan fingerprint density at radius 3 is 2.29 bits per heavy atom. The number of benzene rings is 1. The smallest absolute Gasteiger partial charge is 0.433 e. The summed E-state index contributed by atoms with van der Waals surface area (Å²) < 4.78 is 114. The second kappa shape index (κ2) is 11.7. The third kappa shape index (κ3) is 7.05. The Morgan fingerprint density at radius 1 is 0.976 bits per heavy atom. The van der Waals surface area contributed by atoms with Crippen LogP contribution in [0.4, 0.5) is 45.6 Å². The predicted molar refractivity (Wildman–Crippen MR) is 134 cm³/mol. The summed E-state index contributed by atoms with van der Waals surface area (Å²) in [7, 11) is 0. The highest BCUT2D eigenvalue weighted by Gasteiger charge is 2.38. The normalized spacial score (nSPS) is 16.2. The second-order valence-corrected chi connectivity index (χ2v) is 9.91. The molecule has 1 aromatic carbocycles. The molecule has 1 N–H and O–H groups in total. The number of carbonyl (C=O) groups is 1. The monoisotopic (exact) mass is 603 g/mol. The summed E-state index contributed by atoms with van der Waals surface area (Å²) >= 11 is 0. The summed E-state index contributed by atoms with van der Waals surface area (Å²) in [6.07, 6.45) is -7.85. The minimum atomic E-state index is -4.89. The number of alkyl halides is 7. The molecule has 15 heteroatoms. The lowest BCUT2D eigenvalue weighted by Crippen LogP contribution is -2.41. The van der Waals surface area contributed by atoms with Crippen molar-refractivity contribution >= 4 is 11.7 Å². The van der Waals surface area contributed by atoms with Crippen molar-refractivity contribution in [2.45, 2.75) is 50.6 Å². The van der Waals surface area contributed by atoms with E-state index < -0.39 is 65.2 Å². The van der Waals surface area contributed by atoms with E-state index in [0.717, 1.165) is 37.3 Å². The molecule has 0 saturated carbocycles. The van der Waals surface area contributed by atoms with Crippen LogP contribution in [0.3, 0.4) is 0 Å². The molecule has 1 fully saturated rings. The summed E-state index contributed by atoms with van der Waals surface area (Å²) in [6, 6.07) is 4.42. The van der Waals surface area contributed by atoms with E-state index >= 15 is 4.39 Å². The average molecular weight is 604 g/mol. The first-order valence-corrected chi connectivity index (χ1v) is 12.7. The molecular formula is C27H25F8N5O2. The van der Waals surface area contributed by atoms with Crippen LogP contribution >= 0.6 is 0 Å². The number of nitrogens with zero attached hydrogens (tertiary/aromatic N) is 4. The van der Waals surface area contributed by atoms with Gasteiger partial charge in [-0.1, -0.05) is 12.1 Å². The summed E-state index contributed by atoms with van der Waals surface area (Å²) in [5.41, 5.74) is -5.41. The number of piperidine rings is 1. The lowest BCUT2D eigenvalue weighted by Gasteiger charge is -2.34. The number of rotatable bonds is 6. The molecule has 42 heavy (non-hydrogen) atoms. The summed E-state index contributed by atoms with van der Waals surface area (Å²) in [5, 5.41) is 2.01. The molecule has 7 nitrogen and oxygen atoms in total. The Kier molecular flexibility index (Phi) is 8.60. The van der Waals surface area contributed by atoms with Gasteiger partial charge < -0.3 is 15.0 Å². The molecule has 3 aromatic rings. The Bertz CT molecular complexity index is 1440. The van der Waals surface area contributed by atoms with Gasteiger partial charge in [-0.2, -0.15) is 26.3 Å². The van der Waals surface area contributed by atoms with E-state index in [1.807, 2.05) is 5.32 Å². The molecule has 1 atom stereocenters. The van der Waals surface area contributed by atoms with Crippen molar-refractivity contribution in [2.24, 2.45) is 0 Å². The van der Waals surface area contributed by atoms with Crippen LogP contribution in [0.1, 0.15) is 54.0 Å². The van der Waals surface area contributed by atoms with Crippen LogP contribution < -0.4 is 10.1 Å². The molecule has 0 radical (unpaired) electrons. The zero-order valence-corrected chi connectivity index (χ0v) is 22.3. The second-order valence-electron chi connectivity index (χ2n) is 9.91. The highest BCUT2D eigenvalue weighted by atomic mass is 19.4. The number of nitrogens with one attached hydrogen (secondary N) is 1. The van der Waals surface area contributed by atoms with E-state index in [2.05, 4.69) is 15.0 Å². The molecule has 4 rings (SSSR count). The fourth-order valence-electron chi connectivity index (χ4n) is 4.57. The molecular weight excluding hydrogens is 578 g/mol. The maximum absolute atomic E-state index is 16.0. The molecule has 0 spiro atoms. The quantitative estimate of drug-likeness (QED) is 0.306. The van der Waals surface area contributed by atoms with Crippen LogP contribution in [0.25, 0.3) is 0 Å². The van der Waals surface area contributed by atoms with Crippen molar-refractivity contribution in [3.63, 3.8) is 0 Å². The van der Waals surface area contributed by atoms with Crippen molar-refractivity contribution in [3.8, 4) is 5.88 Å². The maximum atomic E-state index is 16.0. The highest BCUT2D eigenvalue weighted by molar-refractivity contribution is 5.90. The predicted octanol–water partition coefficient (Wildman–Crippen LogP) is 7.03. The first-order chi connectivity index (χ1) is 19.6. The van der Waals surface area contributed by atoms with Crippen molar-refractivity contribution in [1.29, 1.82) is 0 Å². The SMILES string of the molecule is Cc1ncc(C(C)(F)COc2cccc(C(F)(F)F)n2)c(C2CCN(C(=O)Nc3c(F)cccc3C(F)(F)F)CC2)n1. The molecule has 0 aliphatic carbocycles. The van der Waals surface area contributed by atoms with Gasteiger partial charge in [0.2, 0.25) is 5.88 Å².